The zero-order valence-corrected chi connectivity index (χ0v) is 19.9. The van der Waals surface area contributed by atoms with E-state index in [0.717, 1.165) is 17.9 Å². The molecule has 0 heterocycles. The summed E-state index contributed by atoms with van der Waals surface area (Å²) in [4.78, 5) is 12.3. The molecule has 32 heavy (non-hydrogen) atoms. The first-order chi connectivity index (χ1) is 15.7. The number of ether oxygens (including phenoxy) is 3. The third kappa shape index (κ3) is 10.7. The number of carbonyl (C=O) groups excluding carboxylic acids is 1. The molecule has 0 fully saturated rings. The average Bonchev–Trinajstić information content (AvgIpc) is 2.83. The lowest BCUT2D eigenvalue weighted by Crippen LogP contribution is -2.08. The van der Waals surface area contributed by atoms with Gasteiger partial charge in [-0.25, -0.2) is 4.79 Å². The molecule has 0 saturated carbocycles. The lowest BCUT2D eigenvalue weighted by Gasteiger charge is -2.08. The Morgan fingerprint density at radius 2 is 1.09 bits per heavy atom. The maximum atomic E-state index is 12.3. The van der Waals surface area contributed by atoms with E-state index < -0.39 is 0 Å². The fourth-order valence-electron chi connectivity index (χ4n) is 3.63. The second kappa shape index (κ2) is 16.2. The van der Waals surface area contributed by atoms with E-state index in [9.17, 15) is 4.79 Å². The number of methoxy groups -OCH3 is 1. The zero-order chi connectivity index (χ0) is 22.9. The predicted molar refractivity (Wildman–Crippen MR) is 131 cm³/mol. The molecule has 0 spiro atoms. The van der Waals surface area contributed by atoms with Crippen LogP contribution in [0.1, 0.15) is 94.3 Å². The van der Waals surface area contributed by atoms with Crippen LogP contribution in [0.25, 0.3) is 0 Å². The van der Waals surface area contributed by atoms with E-state index in [4.69, 9.17) is 14.2 Å². The second-order valence-corrected chi connectivity index (χ2v) is 8.33. The Kier molecular flexibility index (Phi) is 13.0. The van der Waals surface area contributed by atoms with Crippen LogP contribution in [0.2, 0.25) is 0 Å². The van der Waals surface area contributed by atoms with Crippen LogP contribution >= 0.6 is 0 Å². The van der Waals surface area contributed by atoms with Gasteiger partial charge in [-0.15, -0.1) is 0 Å². The topological polar surface area (TPSA) is 44.8 Å². The van der Waals surface area contributed by atoms with Crippen molar-refractivity contribution in [2.75, 3.05) is 13.7 Å². The summed E-state index contributed by atoms with van der Waals surface area (Å²) >= 11 is 0. The van der Waals surface area contributed by atoms with Gasteiger partial charge >= 0.3 is 5.97 Å². The molecule has 0 N–H and O–H groups in total. The van der Waals surface area contributed by atoms with E-state index >= 15 is 0 Å². The minimum absolute atomic E-state index is 0.386. The summed E-state index contributed by atoms with van der Waals surface area (Å²) in [5, 5.41) is 0. The van der Waals surface area contributed by atoms with Crippen LogP contribution in [0.3, 0.4) is 0 Å². The van der Waals surface area contributed by atoms with Gasteiger partial charge in [-0.2, -0.15) is 0 Å². The van der Waals surface area contributed by atoms with Crippen LogP contribution in [0.15, 0.2) is 48.5 Å². The summed E-state index contributed by atoms with van der Waals surface area (Å²) in [7, 11) is 1.60. The molecule has 0 bridgehead atoms. The molecule has 0 amide bonds. The summed E-state index contributed by atoms with van der Waals surface area (Å²) in [5.74, 6) is 1.61. The molecule has 2 aromatic rings. The number of hydrogen-bond donors (Lipinski definition) is 0. The Balaban J connectivity index is 1.52. The highest BCUT2D eigenvalue weighted by molar-refractivity contribution is 5.91. The van der Waals surface area contributed by atoms with E-state index in [2.05, 4.69) is 6.92 Å². The van der Waals surface area contributed by atoms with Gasteiger partial charge in [0.1, 0.15) is 17.2 Å². The van der Waals surface area contributed by atoms with Gasteiger partial charge in [-0.3, -0.25) is 0 Å². The Morgan fingerprint density at radius 1 is 0.625 bits per heavy atom. The van der Waals surface area contributed by atoms with Gasteiger partial charge in [-0.1, -0.05) is 77.6 Å². The molecular weight excluding hydrogens is 400 g/mol. The van der Waals surface area contributed by atoms with Crippen molar-refractivity contribution in [1.29, 1.82) is 0 Å². The molecule has 0 unspecified atom stereocenters. The van der Waals surface area contributed by atoms with Gasteiger partial charge in [0, 0.05) is 0 Å². The molecule has 176 valence electrons. The van der Waals surface area contributed by atoms with Gasteiger partial charge in [0.2, 0.25) is 0 Å². The summed E-state index contributed by atoms with van der Waals surface area (Å²) in [6, 6.07) is 14.1. The number of rotatable bonds is 17. The second-order valence-electron chi connectivity index (χ2n) is 8.33. The fraction of sp³-hybridized carbons (Fsp3) is 0.536. The molecule has 0 aromatic heterocycles. The lowest BCUT2D eigenvalue weighted by molar-refractivity contribution is 0.0734. The monoisotopic (exact) mass is 440 g/mol. The van der Waals surface area contributed by atoms with Crippen molar-refractivity contribution < 1.29 is 19.0 Å². The SMILES string of the molecule is CCCCCCCCCCCCCCOc1ccc(C(=O)Oc2ccc(OC)cc2)cc1. The highest BCUT2D eigenvalue weighted by Crippen LogP contribution is 2.19. The summed E-state index contributed by atoms with van der Waals surface area (Å²) in [6.45, 7) is 2.98. The fourth-order valence-corrected chi connectivity index (χ4v) is 3.63. The normalized spacial score (nSPS) is 10.7. The van der Waals surface area contributed by atoms with Crippen LogP contribution in [-0.4, -0.2) is 19.7 Å². The molecule has 0 aliphatic carbocycles. The highest BCUT2D eigenvalue weighted by Gasteiger charge is 2.09. The van der Waals surface area contributed by atoms with E-state index in [0.29, 0.717) is 17.9 Å². The first-order valence-corrected chi connectivity index (χ1v) is 12.3. The van der Waals surface area contributed by atoms with Crippen LogP contribution in [-0.2, 0) is 0 Å². The van der Waals surface area contributed by atoms with Crippen molar-refractivity contribution >= 4 is 5.97 Å². The van der Waals surface area contributed by atoms with Crippen molar-refractivity contribution in [1.82, 2.24) is 0 Å². The molecule has 0 saturated heterocycles. The number of carbonyl (C=O) groups is 1. The van der Waals surface area contributed by atoms with E-state index in [1.807, 2.05) is 12.1 Å². The van der Waals surface area contributed by atoms with Crippen LogP contribution in [0.4, 0.5) is 0 Å². The van der Waals surface area contributed by atoms with Crippen molar-refractivity contribution in [2.24, 2.45) is 0 Å². The number of benzene rings is 2. The molecule has 0 aliphatic heterocycles. The van der Waals surface area contributed by atoms with E-state index in [1.165, 1.54) is 70.6 Å². The first kappa shape index (κ1) is 25.8. The number of hydrogen-bond acceptors (Lipinski definition) is 4. The van der Waals surface area contributed by atoms with E-state index in [-0.39, 0.29) is 5.97 Å². The molecule has 4 heteroatoms. The van der Waals surface area contributed by atoms with Crippen molar-refractivity contribution in [3.05, 3.63) is 54.1 Å². The minimum Gasteiger partial charge on any atom is -0.497 e. The summed E-state index contributed by atoms with van der Waals surface area (Å²) in [5.41, 5.74) is 0.499. The Hall–Kier alpha value is -2.49. The van der Waals surface area contributed by atoms with Gasteiger partial charge in [0.25, 0.3) is 0 Å². The summed E-state index contributed by atoms with van der Waals surface area (Å²) < 4.78 is 16.3. The lowest BCUT2D eigenvalue weighted by atomic mass is 10.1. The van der Waals surface area contributed by atoms with Crippen LogP contribution in [0.5, 0.6) is 17.2 Å². The van der Waals surface area contributed by atoms with Crippen molar-refractivity contribution in [3.8, 4) is 17.2 Å². The molecule has 2 rings (SSSR count). The maximum absolute atomic E-state index is 12.3. The van der Waals surface area contributed by atoms with E-state index in [1.54, 1.807) is 43.5 Å². The molecule has 0 radical (unpaired) electrons. The van der Waals surface area contributed by atoms with Gasteiger partial charge < -0.3 is 14.2 Å². The highest BCUT2D eigenvalue weighted by atomic mass is 16.5. The Morgan fingerprint density at radius 3 is 1.62 bits per heavy atom. The van der Waals surface area contributed by atoms with Gasteiger partial charge in [0.05, 0.1) is 19.3 Å². The molecular formula is C28H40O4. The Bertz CT molecular complexity index is 737. The molecule has 0 atom stereocenters. The quantitative estimate of drug-likeness (QED) is 0.142. The first-order valence-electron chi connectivity index (χ1n) is 12.3. The van der Waals surface area contributed by atoms with Crippen molar-refractivity contribution in [2.45, 2.75) is 84.0 Å². The minimum atomic E-state index is -0.386. The summed E-state index contributed by atoms with van der Waals surface area (Å²) in [6.07, 6.45) is 16.0. The van der Waals surface area contributed by atoms with Gasteiger partial charge in [0.15, 0.2) is 0 Å². The zero-order valence-electron chi connectivity index (χ0n) is 19.9. The van der Waals surface area contributed by atoms with Gasteiger partial charge in [-0.05, 0) is 55.0 Å². The standard InChI is InChI=1S/C28H40O4/c1-3-4-5-6-7-8-9-10-11-12-13-14-23-31-26-17-15-24(16-18-26)28(29)32-27-21-19-25(30-2)20-22-27/h15-22H,3-14,23H2,1-2H3. The largest absolute Gasteiger partial charge is 0.497 e. The van der Waals surface area contributed by atoms with Crippen LogP contribution < -0.4 is 14.2 Å². The average molecular weight is 441 g/mol. The molecule has 4 nitrogen and oxygen atoms in total. The molecule has 2 aromatic carbocycles. The number of unbranched alkanes of at least 4 members (excludes halogenated alkanes) is 11. The van der Waals surface area contributed by atoms with Crippen LogP contribution in [0, 0.1) is 0 Å². The van der Waals surface area contributed by atoms with Crippen molar-refractivity contribution in [3.63, 3.8) is 0 Å². The Labute approximate surface area is 194 Å². The predicted octanol–water partition coefficient (Wildman–Crippen LogP) is 7.99. The maximum Gasteiger partial charge on any atom is 0.343 e. The molecule has 0 aliphatic rings. The smallest absolute Gasteiger partial charge is 0.343 e. The number of esters is 1. The third-order valence-electron chi connectivity index (χ3n) is 5.63. The third-order valence-corrected chi connectivity index (χ3v) is 5.63.